The highest BCUT2D eigenvalue weighted by Gasteiger charge is 2.33. The van der Waals surface area contributed by atoms with E-state index in [-0.39, 0.29) is 24.0 Å². The van der Waals surface area contributed by atoms with Crippen LogP contribution in [-0.2, 0) is 11.2 Å². The van der Waals surface area contributed by atoms with Crippen molar-refractivity contribution < 1.29 is 9.26 Å². The molecule has 162 valence electrons. The first-order valence-corrected chi connectivity index (χ1v) is 10.4. The third-order valence-electron chi connectivity index (χ3n) is 5.28. The molecule has 0 aliphatic heterocycles. The number of aromatic nitrogens is 2. The Morgan fingerprint density at radius 2 is 2.04 bits per heavy atom. The first kappa shape index (κ1) is 25.1. The van der Waals surface area contributed by atoms with Crippen molar-refractivity contribution in [3.8, 4) is 0 Å². The van der Waals surface area contributed by atoms with E-state index in [9.17, 15) is 0 Å². The van der Waals surface area contributed by atoms with Gasteiger partial charge >= 0.3 is 0 Å². The van der Waals surface area contributed by atoms with Crippen LogP contribution in [0.5, 0.6) is 0 Å². The Morgan fingerprint density at radius 3 is 2.64 bits per heavy atom. The number of hydrogen-bond donors (Lipinski definition) is 2. The molecule has 0 bridgehead atoms. The van der Waals surface area contributed by atoms with Gasteiger partial charge < -0.3 is 19.9 Å². The maximum Gasteiger partial charge on any atom is 0.226 e. The summed E-state index contributed by atoms with van der Waals surface area (Å²) in [5, 5.41) is 10.8. The molecule has 1 saturated carbocycles. The minimum atomic E-state index is 0. The van der Waals surface area contributed by atoms with Crippen molar-refractivity contribution in [1.82, 2.24) is 20.8 Å². The van der Waals surface area contributed by atoms with Gasteiger partial charge in [-0.15, -0.1) is 24.0 Å². The third kappa shape index (κ3) is 8.23. The van der Waals surface area contributed by atoms with Crippen LogP contribution in [-0.4, -0.2) is 49.5 Å². The smallest absolute Gasteiger partial charge is 0.226 e. The van der Waals surface area contributed by atoms with Gasteiger partial charge in [-0.05, 0) is 38.0 Å². The van der Waals surface area contributed by atoms with E-state index in [1.807, 2.05) is 0 Å². The molecular weight excluding hydrogens is 469 g/mol. The molecule has 7 nitrogen and oxygen atoms in total. The first-order valence-electron chi connectivity index (χ1n) is 10.4. The largest absolute Gasteiger partial charge is 0.385 e. The molecule has 0 spiro atoms. The van der Waals surface area contributed by atoms with Crippen LogP contribution in [0.3, 0.4) is 0 Å². The summed E-state index contributed by atoms with van der Waals surface area (Å²) in [4.78, 5) is 9.31. The van der Waals surface area contributed by atoms with Crippen molar-refractivity contribution in [2.75, 3.05) is 33.4 Å². The number of methoxy groups -OCH3 is 1. The van der Waals surface area contributed by atoms with Gasteiger partial charge in [-0.3, -0.25) is 4.99 Å². The van der Waals surface area contributed by atoms with E-state index in [1.54, 1.807) is 7.11 Å². The lowest BCUT2D eigenvalue weighted by atomic mass is 9.83. The highest BCUT2D eigenvalue weighted by Crippen LogP contribution is 2.41. The Morgan fingerprint density at radius 1 is 1.29 bits per heavy atom. The van der Waals surface area contributed by atoms with Gasteiger partial charge in [0, 0.05) is 45.7 Å². The fraction of sp³-hybridized carbons (Fsp3) is 0.850. The Labute approximate surface area is 186 Å². The van der Waals surface area contributed by atoms with Gasteiger partial charge in [-0.25, -0.2) is 0 Å². The Hall–Kier alpha value is -0.900. The van der Waals surface area contributed by atoms with Crippen molar-refractivity contribution in [3.05, 3.63) is 11.7 Å². The van der Waals surface area contributed by atoms with Crippen LogP contribution < -0.4 is 10.6 Å². The second-order valence-corrected chi connectivity index (χ2v) is 7.88. The topological polar surface area (TPSA) is 84.6 Å². The quantitative estimate of drug-likeness (QED) is 0.205. The zero-order valence-corrected chi connectivity index (χ0v) is 20.3. The number of hydrogen-bond acceptors (Lipinski definition) is 5. The molecule has 1 aromatic heterocycles. The van der Waals surface area contributed by atoms with Crippen LogP contribution in [0.2, 0.25) is 0 Å². The second-order valence-electron chi connectivity index (χ2n) is 7.88. The van der Waals surface area contributed by atoms with E-state index in [2.05, 4.69) is 41.5 Å². The summed E-state index contributed by atoms with van der Waals surface area (Å²) in [6, 6.07) is 0. The number of rotatable bonds is 11. The SMILES string of the molecule is CCNC(=NCC1(CCOC)CCCC1)NCCCc1nc(C(C)C)no1.I. The van der Waals surface area contributed by atoms with E-state index >= 15 is 0 Å². The molecule has 8 heteroatoms. The molecule has 0 saturated heterocycles. The first-order chi connectivity index (χ1) is 13.1. The van der Waals surface area contributed by atoms with Crippen molar-refractivity contribution in [1.29, 1.82) is 0 Å². The Balaban J connectivity index is 0.00000392. The van der Waals surface area contributed by atoms with Crippen LogP contribution in [0.25, 0.3) is 0 Å². The number of nitrogens with zero attached hydrogens (tertiary/aromatic N) is 3. The lowest BCUT2D eigenvalue weighted by molar-refractivity contribution is 0.141. The zero-order valence-electron chi connectivity index (χ0n) is 17.9. The fourth-order valence-corrected chi connectivity index (χ4v) is 3.57. The monoisotopic (exact) mass is 507 g/mol. The molecule has 0 unspecified atom stereocenters. The van der Waals surface area contributed by atoms with Gasteiger partial charge in [-0.2, -0.15) is 4.98 Å². The number of aryl methyl sites for hydroxylation is 1. The van der Waals surface area contributed by atoms with E-state index in [1.165, 1.54) is 25.7 Å². The molecule has 1 aromatic rings. The maximum atomic E-state index is 5.32. The number of nitrogens with one attached hydrogen (secondary N) is 2. The molecule has 2 N–H and O–H groups in total. The van der Waals surface area contributed by atoms with E-state index in [0.29, 0.717) is 17.2 Å². The molecule has 1 aliphatic rings. The number of guanidine groups is 1. The number of ether oxygens (including phenoxy) is 1. The minimum absolute atomic E-state index is 0. The van der Waals surface area contributed by atoms with Crippen LogP contribution in [0, 0.1) is 5.41 Å². The molecule has 0 amide bonds. The van der Waals surface area contributed by atoms with E-state index < -0.39 is 0 Å². The van der Waals surface area contributed by atoms with Crippen LogP contribution >= 0.6 is 24.0 Å². The molecule has 0 aromatic carbocycles. The van der Waals surface area contributed by atoms with Gasteiger partial charge in [0.25, 0.3) is 0 Å². The van der Waals surface area contributed by atoms with E-state index in [0.717, 1.165) is 57.3 Å². The standard InChI is InChI=1S/C20H37N5O2.HI/c1-5-21-19(23-15-20(12-14-26-4)10-6-7-11-20)22-13-8-9-17-24-18(16(2)3)25-27-17;/h16H,5-15H2,1-4H3,(H2,21,22,23);1H. The van der Waals surface area contributed by atoms with Gasteiger partial charge in [0.05, 0.1) is 0 Å². The van der Waals surface area contributed by atoms with Gasteiger partial charge in [0.1, 0.15) is 0 Å². The summed E-state index contributed by atoms with van der Waals surface area (Å²) in [6.45, 7) is 9.61. The predicted molar refractivity (Wildman–Crippen MR) is 123 cm³/mol. The number of aliphatic imine (C=N–C) groups is 1. The van der Waals surface area contributed by atoms with Crippen molar-refractivity contribution in [3.63, 3.8) is 0 Å². The van der Waals surface area contributed by atoms with Gasteiger partial charge in [0.15, 0.2) is 11.8 Å². The average Bonchev–Trinajstić information content (AvgIpc) is 3.31. The molecule has 1 fully saturated rings. The normalized spacial score (nSPS) is 16.2. The third-order valence-corrected chi connectivity index (χ3v) is 5.28. The van der Waals surface area contributed by atoms with Crippen molar-refractivity contribution >= 4 is 29.9 Å². The Kier molecular flexibility index (Phi) is 12.0. The highest BCUT2D eigenvalue weighted by molar-refractivity contribution is 14.0. The summed E-state index contributed by atoms with van der Waals surface area (Å²) >= 11 is 0. The van der Waals surface area contributed by atoms with Gasteiger partial charge in [-0.1, -0.05) is 31.8 Å². The lowest BCUT2D eigenvalue weighted by Gasteiger charge is -2.27. The molecule has 1 heterocycles. The highest BCUT2D eigenvalue weighted by atomic mass is 127. The summed E-state index contributed by atoms with van der Waals surface area (Å²) in [5.41, 5.74) is 0.315. The predicted octanol–water partition coefficient (Wildman–Crippen LogP) is 3.90. The molecule has 1 aliphatic carbocycles. The lowest BCUT2D eigenvalue weighted by Crippen LogP contribution is -2.39. The van der Waals surface area contributed by atoms with E-state index in [4.69, 9.17) is 14.3 Å². The summed E-state index contributed by atoms with van der Waals surface area (Å²) < 4.78 is 10.6. The van der Waals surface area contributed by atoms with Crippen LogP contribution in [0.1, 0.15) is 76.9 Å². The zero-order chi connectivity index (χ0) is 19.5. The summed E-state index contributed by atoms with van der Waals surface area (Å²) in [7, 11) is 1.78. The van der Waals surface area contributed by atoms with Crippen molar-refractivity contribution in [2.45, 2.75) is 71.6 Å². The second kappa shape index (κ2) is 13.3. The summed E-state index contributed by atoms with van der Waals surface area (Å²) in [6.07, 6.45) is 7.95. The van der Waals surface area contributed by atoms with Crippen LogP contribution in [0.4, 0.5) is 0 Å². The molecule has 2 rings (SSSR count). The Bertz CT molecular complexity index is 571. The van der Waals surface area contributed by atoms with Gasteiger partial charge in [0.2, 0.25) is 5.89 Å². The summed E-state index contributed by atoms with van der Waals surface area (Å²) in [5.74, 6) is 2.70. The molecule has 0 atom stereocenters. The molecule has 28 heavy (non-hydrogen) atoms. The van der Waals surface area contributed by atoms with Crippen molar-refractivity contribution in [2.24, 2.45) is 10.4 Å². The average molecular weight is 507 g/mol. The fourth-order valence-electron chi connectivity index (χ4n) is 3.57. The molecular formula is C20H38IN5O2. The number of halogens is 1. The van der Waals surface area contributed by atoms with Crippen LogP contribution in [0.15, 0.2) is 9.52 Å². The minimum Gasteiger partial charge on any atom is -0.385 e. The maximum absolute atomic E-state index is 5.32. The molecule has 0 radical (unpaired) electrons.